The van der Waals surface area contributed by atoms with Gasteiger partial charge in [-0.3, -0.25) is 4.79 Å². The zero-order valence-electron chi connectivity index (χ0n) is 10.6. The second kappa shape index (κ2) is 4.87. The monoisotopic (exact) mass is 339 g/mol. The lowest BCUT2D eigenvalue weighted by Crippen LogP contribution is -2.43. The van der Waals surface area contributed by atoms with Gasteiger partial charge in [0.1, 0.15) is 10.4 Å². The molecule has 1 aliphatic carbocycles. The van der Waals surface area contributed by atoms with Gasteiger partial charge in [-0.2, -0.15) is 0 Å². The second-order valence-electron chi connectivity index (χ2n) is 4.79. The minimum Gasteiger partial charge on any atom is -0.465 e. The number of hydrogen-bond donors (Lipinski definition) is 0. The molecule has 0 amide bonds. The lowest BCUT2D eigenvalue weighted by atomic mass is 9.69. The highest BCUT2D eigenvalue weighted by molar-refractivity contribution is 9.10. The van der Waals surface area contributed by atoms with Crippen molar-refractivity contribution in [3.63, 3.8) is 0 Å². The second-order valence-corrected chi connectivity index (χ2v) is 6.73. The topological polar surface area (TPSA) is 39.2 Å². The van der Waals surface area contributed by atoms with E-state index in [1.165, 1.54) is 0 Å². The number of aromatic nitrogens is 1. The van der Waals surface area contributed by atoms with Crippen LogP contribution >= 0.6 is 27.3 Å². The van der Waals surface area contributed by atoms with E-state index in [4.69, 9.17) is 4.74 Å². The molecular formula is C14H14BrNO2S. The molecule has 1 saturated carbocycles. The summed E-state index contributed by atoms with van der Waals surface area (Å²) in [4.78, 5) is 16.9. The van der Waals surface area contributed by atoms with E-state index < -0.39 is 5.41 Å². The standard InChI is InChI=1S/C14H14BrNO2S/c1-2-18-13(17)14(6-3-7-14)12-16-10-5-4-9(15)8-11(10)19-12/h4-5,8H,2-3,6-7H2,1H3. The van der Waals surface area contributed by atoms with Gasteiger partial charge in [0.2, 0.25) is 0 Å². The Labute approximate surface area is 124 Å². The third kappa shape index (κ3) is 2.09. The third-order valence-electron chi connectivity index (χ3n) is 3.63. The van der Waals surface area contributed by atoms with Gasteiger partial charge in [0.05, 0.1) is 16.8 Å². The first kappa shape index (κ1) is 13.1. The Bertz CT molecular complexity index is 633. The molecule has 5 heteroatoms. The maximum Gasteiger partial charge on any atom is 0.319 e. The fourth-order valence-corrected chi connectivity index (χ4v) is 4.16. The van der Waals surface area contributed by atoms with Gasteiger partial charge in [-0.15, -0.1) is 11.3 Å². The van der Waals surface area contributed by atoms with E-state index >= 15 is 0 Å². The lowest BCUT2D eigenvalue weighted by Gasteiger charge is -2.37. The predicted octanol–water partition coefficient (Wildman–Crippen LogP) is 4.04. The number of fused-ring (bicyclic) bond motifs is 1. The normalized spacial score (nSPS) is 17.2. The summed E-state index contributed by atoms with van der Waals surface area (Å²) in [6, 6.07) is 6.01. The summed E-state index contributed by atoms with van der Waals surface area (Å²) < 4.78 is 7.39. The Morgan fingerprint density at radius 3 is 2.95 bits per heavy atom. The zero-order chi connectivity index (χ0) is 13.5. The number of halogens is 1. The maximum atomic E-state index is 12.2. The highest BCUT2D eigenvalue weighted by atomic mass is 79.9. The number of rotatable bonds is 3. The first-order chi connectivity index (χ1) is 9.15. The molecule has 0 atom stereocenters. The van der Waals surface area contributed by atoms with Gasteiger partial charge >= 0.3 is 5.97 Å². The van der Waals surface area contributed by atoms with Crippen LogP contribution < -0.4 is 0 Å². The number of esters is 1. The summed E-state index contributed by atoms with van der Waals surface area (Å²) in [6.07, 6.45) is 2.78. The highest BCUT2D eigenvalue weighted by Crippen LogP contribution is 2.47. The Morgan fingerprint density at radius 2 is 2.32 bits per heavy atom. The number of carbonyl (C=O) groups excluding carboxylic acids is 1. The van der Waals surface area contributed by atoms with Gasteiger partial charge < -0.3 is 4.74 Å². The van der Waals surface area contributed by atoms with Gasteiger partial charge in [-0.25, -0.2) is 4.98 Å². The Balaban J connectivity index is 2.04. The first-order valence-corrected chi connectivity index (χ1v) is 8.00. The van der Waals surface area contributed by atoms with Crippen LogP contribution in [0.2, 0.25) is 0 Å². The molecule has 1 fully saturated rings. The molecule has 1 aromatic heterocycles. The van der Waals surface area contributed by atoms with Crippen LogP contribution in [0, 0.1) is 0 Å². The predicted molar refractivity (Wildman–Crippen MR) is 79.5 cm³/mol. The molecule has 1 aliphatic rings. The largest absolute Gasteiger partial charge is 0.465 e. The first-order valence-electron chi connectivity index (χ1n) is 6.39. The number of ether oxygens (including phenoxy) is 1. The fourth-order valence-electron chi connectivity index (χ4n) is 2.41. The summed E-state index contributed by atoms with van der Waals surface area (Å²) in [5, 5.41) is 0.908. The number of hydrogen-bond acceptors (Lipinski definition) is 4. The van der Waals surface area contributed by atoms with E-state index in [1.54, 1.807) is 11.3 Å². The van der Waals surface area contributed by atoms with Gasteiger partial charge in [-0.1, -0.05) is 22.4 Å². The van der Waals surface area contributed by atoms with Crippen LogP contribution in [0.15, 0.2) is 22.7 Å². The molecule has 3 rings (SSSR count). The molecule has 0 saturated heterocycles. The van der Waals surface area contributed by atoms with Crippen molar-refractivity contribution in [3.05, 3.63) is 27.7 Å². The molecule has 2 aromatic rings. The van der Waals surface area contributed by atoms with E-state index in [-0.39, 0.29) is 5.97 Å². The highest BCUT2D eigenvalue weighted by Gasteiger charge is 2.49. The van der Waals surface area contributed by atoms with E-state index in [2.05, 4.69) is 20.9 Å². The SMILES string of the molecule is CCOC(=O)C1(c2nc3ccc(Br)cc3s2)CCC1. The van der Waals surface area contributed by atoms with Crippen molar-refractivity contribution in [2.75, 3.05) is 6.61 Å². The van der Waals surface area contributed by atoms with Crippen molar-refractivity contribution in [2.45, 2.75) is 31.6 Å². The summed E-state index contributed by atoms with van der Waals surface area (Å²) in [5.74, 6) is -0.112. The van der Waals surface area contributed by atoms with Crippen LogP contribution in [0.3, 0.4) is 0 Å². The molecule has 19 heavy (non-hydrogen) atoms. The van der Waals surface area contributed by atoms with Crippen molar-refractivity contribution in [3.8, 4) is 0 Å². The van der Waals surface area contributed by atoms with Crippen LogP contribution in [0.25, 0.3) is 10.2 Å². The minimum absolute atomic E-state index is 0.112. The number of carbonyl (C=O) groups is 1. The maximum absolute atomic E-state index is 12.2. The van der Waals surface area contributed by atoms with E-state index in [1.807, 2.05) is 25.1 Å². The molecule has 0 N–H and O–H groups in total. The Morgan fingerprint density at radius 1 is 1.53 bits per heavy atom. The molecular weight excluding hydrogens is 326 g/mol. The Hall–Kier alpha value is -0.940. The molecule has 1 aromatic carbocycles. The number of nitrogens with zero attached hydrogens (tertiary/aromatic N) is 1. The van der Waals surface area contributed by atoms with Gasteiger partial charge in [0.25, 0.3) is 0 Å². The molecule has 0 spiro atoms. The van der Waals surface area contributed by atoms with Crippen molar-refractivity contribution >= 4 is 43.5 Å². The van der Waals surface area contributed by atoms with Crippen molar-refractivity contribution in [1.29, 1.82) is 0 Å². The van der Waals surface area contributed by atoms with Gasteiger partial charge in [0.15, 0.2) is 0 Å². The summed E-state index contributed by atoms with van der Waals surface area (Å²) in [7, 11) is 0. The summed E-state index contributed by atoms with van der Waals surface area (Å²) in [6.45, 7) is 2.27. The lowest BCUT2D eigenvalue weighted by molar-refractivity contribution is -0.153. The van der Waals surface area contributed by atoms with Crippen LogP contribution in [-0.2, 0) is 14.9 Å². The van der Waals surface area contributed by atoms with Crippen LogP contribution in [0.4, 0.5) is 0 Å². The number of thiazole rings is 1. The molecule has 0 radical (unpaired) electrons. The summed E-state index contributed by atoms with van der Waals surface area (Å²) >= 11 is 5.07. The minimum atomic E-state index is -0.480. The van der Waals surface area contributed by atoms with Crippen LogP contribution in [-0.4, -0.2) is 17.6 Å². The van der Waals surface area contributed by atoms with E-state index in [9.17, 15) is 4.79 Å². The zero-order valence-corrected chi connectivity index (χ0v) is 13.0. The Kier molecular flexibility index (Phi) is 3.35. The van der Waals surface area contributed by atoms with Crippen molar-refractivity contribution in [1.82, 2.24) is 4.98 Å². The molecule has 100 valence electrons. The fraction of sp³-hybridized carbons (Fsp3) is 0.429. The molecule has 3 nitrogen and oxygen atoms in total. The van der Waals surface area contributed by atoms with E-state index in [0.29, 0.717) is 6.61 Å². The number of benzene rings is 1. The van der Waals surface area contributed by atoms with Crippen LogP contribution in [0.5, 0.6) is 0 Å². The molecule has 0 bridgehead atoms. The average Bonchev–Trinajstić information content (AvgIpc) is 2.70. The molecule has 0 aliphatic heterocycles. The molecule has 0 unspecified atom stereocenters. The van der Waals surface area contributed by atoms with Crippen molar-refractivity contribution < 1.29 is 9.53 Å². The smallest absolute Gasteiger partial charge is 0.319 e. The van der Waals surface area contributed by atoms with E-state index in [0.717, 1.165) is 39.0 Å². The third-order valence-corrected chi connectivity index (χ3v) is 5.35. The quantitative estimate of drug-likeness (QED) is 0.792. The molecule has 1 heterocycles. The van der Waals surface area contributed by atoms with Gasteiger partial charge in [0, 0.05) is 4.47 Å². The van der Waals surface area contributed by atoms with Crippen molar-refractivity contribution in [2.24, 2.45) is 0 Å². The van der Waals surface area contributed by atoms with Gasteiger partial charge in [-0.05, 0) is 38.0 Å². The summed E-state index contributed by atoms with van der Waals surface area (Å²) in [5.41, 5.74) is 0.477. The van der Waals surface area contributed by atoms with Crippen LogP contribution in [0.1, 0.15) is 31.2 Å². The average molecular weight is 340 g/mol.